The molecule has 0 aliphatic heterocycles. The lowest BCUT2D eigenvalue weighted by atomic mass is 10.1. The molecule has 1 aromatic carbocycles. The predicted octanol–water partition coefficient (Wildman–Crippen LogP) is 0.193. The SMILES string of the molecule is COS(=O)(=O)O.C[n+]1cc(C(=O)O)c2ccccc2n1. The Morgan fingerprint density at radius 2 is 1.90 bits per heavy atom. The molecular weight excluding hydrogens is 288 g/mol. The first-order chi connectivity index (χ1) is 9.24. The number of aromatic carboxylic acids is 1. The second kappa shape index (κ2) is 6.37. The van der Waals surface area contributed by atoms with Gasteiger partial charge in [0.05, 0.1) is 7.11 Å². The third kappa shape index (κ3) is 4.53. The first-order valence-electron chi connectivity index (χ1n) is 5.26. The van der Waals surface area contributed by atoms with E-state index >= 15 is 0 Å². The molecule has 0 atom stereocenters. The van der Waals surface area contributed by atoms with E-state index < -0.39 is 16.4 Å². The Hall–Kier alpha value is -2.10. The summed E-state index contributed by atoms with van der Waals surface area (Å²) in [6.07, 6.45) is 1.50. The van der Waals surface area contributed by atoms with E-state index in [1.54, 1.807) is 25.2 Å². The van der Waals surface area contributed by atoms with Crippen molar-refractivity contribution in [2.45, 2.75) is 0 Å². The van der Waals surface area contributed by atoms with Gasteiger partial charge in [0.2, 0.25) is 6.20 Å². The zero-order chi connectivity index (χ0) is 15.3. The Labute approximate surface area is 115 Å². The van der Waals surface area contributed by atoms with Crippen LogP contribution in [0.5, 0.6) is 0 Å². The topological polar surface area (TPSA) is 118 Å². The van der Waals surface area contributed by atoms with Crippen LogP contribution in [0, 0.1) is 0 Å². The third-order valence-corrected chi connectivity index (χ3v) is 2.64. The van der Waals surface area contributed by atoms with Gasteiger partial charge in [0.1, 0.15) is 11.1 Å². The quantitative estimate of drug-likeness (QED) is 0.600. The van der Waals surface area contributed by atoms with Crippen LogP contribution in [-0.2, 0) is 21.6 Å². The van der Waals surface area contributed by atoms with E-state index in [-0.39, 0.29) is 5.56 Å². The van der Waals surface area contributed by atoms with E-state index in [0.717, 1.165) is 7.11 Å². The molecule has 0 aliphatic rings. The van der Waals surface area contributed by atoms with Crippen molar-refractivity contribution in [2.75, 3.05) is 7.11 Å². The summed E-state index contributed by atoms with van der Waals surface area (Å²) in [6.45, 7) is 0. The Balaban J connectivity index is 0.000000286. The lowest BCUT2D eigenvalue weighted by Gasteiger charge is -1.97. The largest absolute Gasteiger partial charge is 0.477 e. The van der Waals surface area contributed by atoms with Crippen molar-refractivity contribution in [3.05, 3.63) is 36.0 Å². The zero-order valence-electron chi connectivity index (χ0n) is 10.7. The Morgan fingerprint density at radius 3 is 2.40 bits per heavy atom. The van der Waals surface area contributed by atoms with Gasteiger partial charge in [-0.2, -0.15) is 8.42 Å². The van der Waals surface area contributed by atoms with E-state index in [9.17, 15) is 13.2 Å². The molecule has 0 spiro atoms. The van der Waals surface area contributed by atoms with Gasteiger partial charge in [-0.25, -0.2) is 4.79 Å². The monoisotopic (exact) mass is 301 g/mol. The van der Waals surface area contributed by atoms with Crippen LogP contribution in [0.2, 0.25) is 0 Å². The number of hydrogen-bond acceptors (Lipinski definition) is 5. The number of aryl methyl sites for hydroxylation is 1. The molecule has 20 heavy (non-hydrogen) atoms. The smallest absolute Gasteiger partial charge is 0.397 e. The van der Waals surface area contributed by atoms with Crippen molar-refractivity contribution in [1.82, 2.24) is 5.10 Å². The van der Waals surface area contributed by atoms with Crippen LogP contribution in [0.4, 0.5) is 0 Å². The van der Waals surface area contributed by atoms with Crippen LogP contribution in [0.1, 0.15) is 10.4 Å². The molecule has 8 nitrogen and oxygen atoms in total. The Bertz CT molecular complexity index is 729. The van der Waals surface area contributed by atoms with E-state index in [1.165, 1.54) is 10.9 Å². The minimum Gasteiger partial charge on any atom is -0.477 e. The third-order valence-electron chi connectivity index (χ3n) is 2.22. The summed E-state index contributed by atoms with van der Waals surface area (Å²) < 4.78 is 31.2. The maximum atomic E-state index is 10.9. The molecule has 0 radical (unpaired) electrons. The lowest BCUT2D eigenvalue weighted by Crippen LogP contribution is -2.33. The summed E-state index contributed by atoms with van der Waals surface area (Å²) in [6, 6.07) is 7.19. The van der Waals surface area contributed by atoms with E-state index in [2.05, 4.69) is 9.28 Å². The summed E-state index contributed by atoms with van der Waals surface area (Å²) in [5.74, 6) is -0.931. The van der Waals surface area contributed by atoms with Gasteiger partial charge in [0.15, 0.2) is 7.05 Å². The summed E-state index contributed by atoms with van der Waals surface area (Å²) in [5.41, 5.74) is 0.966. The van der Waals surface area contributed by atoms with Crippen LogP contribution >= 0.6 is 0 Å². The minimum atomic E-state index is -4.16. The number of aromatic nitrogens is 2. The molecule has 0 aliphatic carbocycles. The predicted molar refractivity (Wildman–Crippen MR) is 68.4 cm³/mol. The maximum Gasteiger partial charge on any atom is 0.397 e. The van der Waals surface area contributed by atoms with Gasteiger partial charge in [-0.3, -0.25) is 8.74 Å². The number of fused-ring (bicyclic) bond motifs is 1. The fourth-order valence-corrected chi connectivity index (χ4v) is 1.41. The van der Waals surface area contributed by atoms with Crippen molar-refractivity contribution in [1.29, 1.82) is 0 Å². The number of hydrogen-bond donors (Lipinski definition) is 2. The van der Waals surface area contributed by atoms with Crippen LogP contribution in [-0.4, -0.2) is 36.3 Å². The number of carbonyl (C=O) groups is 1. The van der Waals surface area contributed by atoms with Crippen LogP contribution in [0.3, 0.4) is 0 Å². The van der Waals surface area contributed by atoms with Crippen molar-refractivity contribution in [3.63, 3.8) is 0 Å². The van der Waals surface area contributed by atoms with Crippen molar-refractivity contribution < 1.29 is 31.7 Å². The molecule has 108 valence electrons. The number of carboxylic acids is 1. The normalized spacial score (nSPS) is 10.8. The van der Waals surface area contributed by atoms with Gasteiger partial charge >= 0.3 is 16.4 Å². The van der Waals surface area contributed by atoms with Gasteiger partial charge in [-0.05, 0) is 11.2 Å². The summed E-state index contributed by atoms with van der Waals surface area (Å²) >= 11 is 0. The average Bonchev–Trinajstić information content (AvgIpc) is 2.37. The van der Waals surface area contributed by atoms with Gasteiger partial charge in [0.25, 0.3) is 0 Å². The summed E-state index contributed by atoms with van der Waals surface area (Å²) in [7, 11) is -1.58. The van der Waals surface area contributed by atoms with Crippen molar-refractivity contribution >= 4 is 27.3 Å². The molecule has 1 heterocycles. The maximum absolute atomic E-state index is 10.9. The lowest BCUT2D eigenvalue weighted by molar-refractivity contribution is -0.728. The van der Waals surface area contributed by atoms with E-state index in [4.69, 9.17) is 9.66 Å². The van der Waals surface area contributed by atoms with Gasteiger partial charge in [-0.1, -0.05) is 22.9 Å². The second-order valence-electron chi connectivity index (χ2n) is 3.63. The van der Waals surface area contributed by atoms with Gasteiger partial charge in [0, 0.05) is 5.39 Å². The Morgan fingerprint density at radius 1 is 1.35 bits per heavy atom. The molecule has 0 amide bonds. The first-order valence-corrected chi connectivity index (χ1v) is 6.63. The molecule has 0 fully saturated rings. The highest BCUT2D eigenvalue weighted by Gasteiger charge is 2.14. The van der Waals surface area contributed by atoms with Crippen LogP contribution in [0.25, 0.3) is 10.9 Å². The number of nitrogens with zero attached hydrogens (tertiary/aromatic N) is 2. The standard InChI is InChI=1S/C10H8N2O2.CH4O4S/c1-12-6-8(10(13)14)7-4-2-3-5-9(7)11-12;1-5-6(2,3)4/h2-6H,1H3;1H3,(H,2,3,4)/p+1. The molecule has 2 aromatic rings. The minimum absolute atomic E-state index is 0.276. The van der Waals surface area contributed by atoms with E-state index in [0.29, 0.717) is 10.9 Å². The summed E-state index contributed by atoms with van der Waals surface area (Å²) in [5, 5.41) is 13.8. The van der Waals surface area contributed by atoms with Crippen LogP contribution < -0.4 is 4.68 Å². The number of benzene rings is 1. The summed E-state index contributed by atoms with van der Waals surface area (Å²) in [4.78, 5) is 10.9. The Kier molecular flexibility index (Phi) is 5.08. The first kappa shape index (κ1) is 16.0. The number of rotatable bonds is 2. The van der Waals surface area contributed by atoms with E-state index in [1.807, 2.05) is 6.07 Å². The van der Waals surface area contributed by atoms with Gasteiger partial charge in [-0.15, -0.1) is 0 Å². The van der Waals surface area contributed by atoms with Gasteiger partial charge < -0.3 is 5.11 Å². The molecule has 0 saturated carbocycles. The number of carboxylic acid groups (broad SMARTS) is 1. The molecule has 0 unspecified atom stereocenters. The van der Waals surface area contributed by atoms with Crippen LogP contribution in [0.15, 0.2) is 30.5 Å². The fourth-order valence-electron chi connectivity index (χ4n) is 1.41. The highest BCUT2D eigenvalue weighted by Crippen LogP contribution is 2.13. The average molecular weight is 301 g/mol. The highest BCUT2D eigenvalue weighted by molar-refractivity contribution is 7.80. The molecule has 9 heteroatoms. The molecule has 0 bridgehead atoms. The molecule has 0 saturated heterocycles. The molecular formula is C11H13N2O6S+. The van der Waals surface area contributed by atoms with Crippen molar-refractivity contribution in [3.8, 4) is 0 Å². The molecule has 2 rings (SSSR count). The highest BCUT2D eigenvalue weighted by atomic mass is 32.3. The molecule has 1 aromatic heterocycles. The zero-order valence-corrected chi connectivity index (χ0v) is 11.5. The van der Waals surface area contributed by atoms with Crippen molar-refractivity contribution in [2.24, 2.45) is 7.05 Å². The second-order valence-corrected chi connectivity index (χ2v) is 4.82. The fraction of sp³-hybridized carbons (Fsp3) is 0.182. The molecule has 2 N–H and O–H groups in total.